The summed E-state index contributed by atoms with van der Waals surface area (Å²) in [6.07, 6.45) is 1.64. The second-order valence-electron chi connectivity index (χ2n) is 7.33. The molecule has 0 aliphatic carbocycles. The van der Waals surface area contributed by atoms with Gasteiger partial charge in [-0.05, 0) is 24.5 Å². The number of fused-ring (bicyclic) bond motifs is 4. The lowest BCUT2D eigenvalue weighted by Crippen LogP contribution is -2.50. The van der Waals surface area contributed by atoms with Crippen molar-refractivity contribution in [2.75, 3.05) is 11.9 Å². The third kappa shape index (κ3) is 1.77. The van der Waals surface area contributed by atoms with Gasteiger partial charge in [-0.1, -0.05) is 48.5 Å². The van der Waals surface area contributed by atoms with Crippen LogP contribution in [0.4, 0.5) is 5.69 Å². The quantitative estimate of drug-likeness (QED) is 0.668. The summed E-state index contributed by atoms with van der Waals surface area (Å²) >= 11 is 0. The number of nitrogens with zero attached hydrogens (tertiary/aromatic N) is 2. The lowest BCUT2D eigenvalue weighted by atomic mass is 9.73. The first-order valence-corrected chi connectivity index (χ1v) is 9.02. The van der Waals surface area contributed by atoms with E-state index in [1.54, 1.807) is 0 Å². The van der Waals surface area contributed by atoms with Gasteiger partial charge in [0.05, 0.1) is 12.0 Å². The molecule has 3 aliphatic rings. The summed E-state index contributed by atoms with van der Waals surface area (Å²) < 4.78 is 0. The highest BCUT2D eigenvalue weighted by Gasteiger charge is 2.71. The lowest BCUT2D eigenvalue weighted by molar-refractivity contribution is -0.527. The van der Waals surface area contributed by atoms with Crippen LogP contribution in [-0.4, -0.2) is 34.4 Å². The summed E-state index contributed by atoms with van der Waals surface area (Å²) in [5, 5.41) is 15.1. The van der Waals surface area contributed by atoms with Crippen molar-refractivity contribution >= 4 is 11.6 Å². The van der Waals surface area contributed by atoms with E-state index in [0.29, 0.717) is 6.54 Å². The van der Waals surface area contributed by atoms with Gasteiger partial charge in [0.15, 0.2) is 0 Å². The number of hydrogen-bond donors (Lipinski definition) is 1. The average molecular weight is 349 g/mol. The molecule has 2 unspecified atom stereocenters. The molecule has 2 saturated heterocycles. The minimum atomic E-state index is -1.00. The predicted molar refractivity (Wildman–Crippen MR) is 96.4 cm³/mol. The van der Waals surface area contributed by atoms with E-state index in [9.17, 15) is 14.9 Å². The minimum absolute atomic E-state index is 0.135. The molecule has 1 N–H and O–H groups in total. The summed E-state index contributed by atoms with van der Waals surface area (Å²) in [4.78, 5) is 27.5. The second-order valence-corrected chi connectivity index (χ2v) is 7.33. The number of carbonyl (C=O) groups excluding carboxylic acids is 1. The summed E-state index contributed by atoms with van der Waals surface area (Å²) in [6, 6.07) is 16.1. The highest BCUT2D eigenvalue weighted by atomic mass is 16.6. The summed E-state index contributed by atoms with van der Waals surface area (Å²) in [6.45, 7) is 0.708. The van der Waals surface area contributed by atoms with Crippen LogP contribution in [0, 0.1) is 10.1 Å². The fourth-order valence-electron chi connectivity index (χ4n) is 5.45. The van der Waals surface area contributed by atoms with Crippen LogP contribution in [0.1, 0.15) is 29.9 Å². The van der Waals surface area contributed by atoms with E-state index in [4.69, 9.17) is 0 Å². The van der Waals surface area contributed by atoms with Crippen LogP contribution in [0.25, 0.3) is 0 Å². The predicted octanol–water partition coefficient (Wildman–Crippen LogP) is 2.74. The van der Waals surface area contributed by atoms with Crippen LogP contribution in [-0.2, 0) is 10.3 Å². The zero-order valence-electron chi connectivity index (χ0n) is 14.2. The topological polar surface area (TPSA) is 75.5 Å². The molecule has 0 aromatic heterocycles. The van der Waals surface area contributed by atoms with E-state index in [-0.39, 0.29) is 16.9 Å². The smallest absolute Gasteiger partial charge is 0.250 e. The highest BCUT2D eigenvalue weighted by molar-refractivity contribution is 6.07. The van der Waals surface area contributed by atoms with E-state index in [0.717, 1.165) is 29.7 Å². The van der Waals surface area contributed by atoms with Gasteiger partial charge in [0, 0.05) is 22.7 Å². The molecule has 6 heteroatoms. The Morgan fingerprint density at radius 1 is 1.12 bits per heavy atom. The summed E-state index contributed by atoms with van der Waals surface area (Å²) in [7, 11) is 0. The van der Waals surface area contributed by atoms with Gasteiger partial charge in [-0.25, -0.2) is 0 Å². The monoisotopic (exact) mass is 349 g/mol. The minimum Gasteiger partial charge on any atom is -0.324 e. The van der Waals surface area contributed by atoms with Crippen molar-refractivity contribution in [3.05, 3.63) is 75.8 Å². The molecule has 5 rings (SSSR count). The Hall–Kier alpha value is -2.73. The molecule has 4 atom stereocenters. The molecule has 0 bridgehead atoms. The van der Waals surface area contributed by atoms with Crippen molar-refractivity contribution in [2.45, 2.75) is 36.4 Å². The molecule has 1 spiro atoms. The van der Waals surface area contributed by atoms with Gasteiger partial charge in [-0.15, -0.1) is 0 Å². The van der Waals surface area contributed by atoms with Gasteiger partial charge in [0.1, 0.15) is 5.54 Å². The molecule has 1 amide bonds. The Labute approximate surface area is 151 Å². The zero-order chi connectivity index (χ0) is 17.9. The second kappa shape index (κ2) is 5.38. The number of hydrogen-bond acceptors (Lipinski definition) is 4. The normalized spacial score (nSPS) is 32.5. The molecule has 26 heavy (non-hydrogen) atoms. The Bertz CT molecular complexity index is 900. The Morgan fingerprint density at radius 2 is 1.85 bits per heavy atom. The molecule has 0 radical (unpaired) electrons. The van der Waals surface area contributed by atoms with E-state index in [1.165, 1.54) is 0 Å². The Kier molecular flexibility index (Phi) is 3.21. The number of nitrogens with one attached hydrogen (secondary N) is 1. The summed E-state index contributed by atoms with van der Waals surface area (Å²) in [5.74, 6) is -0.642. The fraction of sp³-hybridized carbons (Fsp3) is 0.350. The Balaban J connectivity index is 1.81. The zero-order valence-corrected chi connectivity index (χ0v) is 14.2. The molecule has 2 fully saturated rings. The number of benzene rings is 2. The van der Waals surface area contributed by atoms with Gasteiger partial charge < -0.3 is 5.32 Å². The van der Waals surface area contributed by atoms with Crippen molar-refractivity contribution in [1.82, 2.24) is 4.90 Å². The number of rotatable bonds is 2. The standard InChI is InChI=1S/C20H19N3O3/c24-19-20(14-9-4-5-10-15(14)21-19)17(13-7-2-1-3-8-13)18(23(25)26)16-11-6-12-22(16)20/h1-5,7-10,16-18H,6,11-12H2,(H,21,24)/t16?,17-,18+,20?/m0/s1. The van der Waals surface area contributed by atoms with Gasteiger partial charge in [0.2, 0.25) is 6.04 Å². The summed E-state index contributed by atoms with van der Waals surface area (Å²) in [5.41, 5.74) is 1.50. The Morgan fingerprint density at radius 3 is 2.62 bits per heavy atom. The number of anilines is 1. The van der Waals surface area contributed by atoms with Crippen LogP contribution >= 0.6 is 0 Å². The molecule has 0 saturated carbocycles. The number of para-hydroxylation sites is 1. The van der Waals surface area contributed by atoms with Crippen LogP contribution in [0.15, 0.2) is 54.6 Å². The lowest BCUT2D eigenvalue weighted by Gasteiger charge is -2.36. The molecule has 3 aliphatic heterocycles. The maximum absolute atomic E-state index is 13.4. The molecule has 132 valence electrons. The first kappa shape index (κ1) is 15.5. The number of amides is 1. The molecular weight excluding hydrogens is 330 g/mol. The van der Waals surface area contributed by atoms with Crippen LogP contribution < -0.4 is 5.32 Å². The molecule has 2 aromatic carbocycles. The third-order valence-corrected chi connectivity index (χ3v) is 6.27. The van der Waals surface area contributed by atoms with Crippen LogP contribution in [0.2, 0.25) is 0 Å². The van der Waals surface area contributed by atoms with Gasteiger partial charge in [0.25, 0.3) is 5.91 Å². The van der Waals surface area contributed by atoms with E-state index in [1.807, 2.05) is 54.6 Å². The van der Waals surface area contributed by atoms with Gasteiger partial charge in [-0.2, -0.15) is 0 Å². The third-order valence-electron chi connectivity index (χ3n) is 6.27. The van der Waals surface area contributed by atoms with Crippen LogP contribution in [0.5, 0.6) is 0 Å². The van der Waals surface area contributed by atoms with Gasteiger partial charge >= 0.3 is 0 Å². The van der Waals surface area contributed by atoms with Crippen molar-refractivity contribution in [2.24, 2.45) is 0 Å². The SMILES string of the molecule is O=C1Nc2ccccc2C12[C@@H](c1ccccc1)[C@H]([N+](=O)[O-])C1CCCN12. The largest absolute Gasteiger partial charge is 0.324 e. The fourth-order valence-corrected chi connectivity index (χ4v) is 5.45. The maximum atomic E-state index is 13.4. The van der Waals surface area contributed by atoms with E-state index >= 15 is 0 Å². The van der Waals surface area contributed by atoms with Crippen molar-refractivity contribution in [1.29, 1.82) is 0 Å². The molecular formula is C20H19N3O3. The number of nitro groups is 1. The molecule has 2 aromatic rings. The van der Waals surface area contributed by atoms with Crippen molar-refractivity contribution < 1.29 is 9.72 Å². The van der Waals surface area contributed by atoms with E-state index < -0.39 is 17.5 Å². The number of carbonyl (C=O) groups is 1. The first-order valence-electron chi connectivity index (χ1n) is 9.02. The van der Waals surface area contributed by atoms with Crippen molar-refractivity contribution in [3.63, 3.8) is 0 Å². The first-order chi connectivity index (χ1) is 12.7. The maximum Gasteiger partial charge on any atom is 0.250 e. The van der Waals surface area contributed by atoms with Crippen molar-refractivity contribution in [3.8, 4) is 0 Å². The van der Waals surface area contributed by atoms with E-state index in [2.05, 4.69) is 10.2 Å². The highest BCUT2D eigenvalue weighted by Crippen LogP contribution is 2.59. The molecule has 6 nitrogen and oxygen atoms in total. The average Bonchev–Trinajstić information content (AvgIpc) is 3.29. The van der Waals surface area contributed by atoms with Gasteiger partial charge in [-0.3, -0.25) is 19.8 Å². The molecule has 3 heterocycles. The van der Waals surface area contributed by atoms with Crippen LogP contribution in [0.3, 0.4) is 0 Å².